The second-order valence-electron chi connectivity index (χ2n) is 4.38. The molecule has 0 atom stereocenters. The monoisotopic (exact) mass is 302 g/mol. The lowest BCUT2D eigenvalue weighted by Gasteiger charge is -2.05. The highest BCUT2D eigenvalue weighted by molar-refractivity contribution is 6.30. The van der Waals surface area contributed by atoms with Crippen LogP contribution in [-0.2, 0) is 11.3 Å². The fraction of sp³-hybridized carbons (Fsp3) is 0.125. The average Bonchev–Trinajstić information content (AvgIpc) is 2.52. The van der Waals surface area contributed by atoms with Gasteiger partial charge in [0.25, 0.3) is 0 Å². The Morgan fingerprint density at radius 1 is 1.14 bits per heavy atom. The predicted octanol–water partition coefficient (Wildman–Crippen LogP) is 3.99. The van der Waals surface area contributed by atoms with Crippen LogP contribution in [0.5, 0.6) is 0 Å². The molecule has 2 aromatic carbocycles. The number of nitrogens with zero attached hydrogens (tertiary/aromatic N) is 1. The van der Waals surface area contributed by atoms with Crippen LogP contribution < -0.4 is 5.43 Å². The summed E-state index contributed by atoms with van der Waals surface area (Å²) in [7, 11) is 0. The highest BCUT2D eigenvalue weighted by atomic mass is 35.5. The van der Waals surface area contributed by atoms with Crippen molar-refractivity contribution in [2.75, 3.05) is 0 Å². The molecule has 2 aromatic rings. The smallest absolute Gasteiger partial charge is 0.428 e. The fourth-order valence-corrected chi connectivity index (χ4v) is 1.77. The van der Waals surface area contributed by atoms with E-state index in [4.69, 9.17) is 16.3 Å². The lowest BCUT2D eigenvalue weighted by molar-refractivity contribution is 0.140. The van der Waals surface area contributed by atoms with Crippen molar-refractivity contribution in [2.24, 2.45) is 5.10 Å². The minimum Gasteiger partial charge on any atom is -0.443 e. The summed E-state index contributed by atoms with van der Waals surface area (Å²) >= 11 is 5.81. The SMILES string of the molecule is C/C(=N\NC(=O)OCc1ccccc1)c1ccc(Cl)cc1. The second-order valence-corrected chi connectivity index (χ2v) is 4.81. The molecule has 0 radical (unpaired) electrons. The van der Waals surface area contributed by atoms with E-state index >= 15 is 0 Å². The molecule has 1 amide bonds. The Hall–Kier alpha value is -2.33. The van der Waals surface area contributed by atoms with E-state index in [1.54, 1.807) is 19.1 Å². The molecule has 0 aromatic heterocycles. The summed E-state index contributed by atoms with van der Waals surface area (Å²) in [6.07, 6.45) is -0.591. The molecule has 0 bridgehead atoms. The van der Waals surface area contributed by atoms with Crippen molar-refractivity contribution in [1.82, 2.24) is 5.43 Å². The van der Waals surface area contributed by atoms with Gasteiger partial charge in [-0.3, -0.25) is 0 Å². The maximum atomic E-state index is 11.5. The topological polar surface area (TPSA) is 50.7 Å². The third-order valence-electron chi connectivity index (χ3n) is 2.79. The minimum absolute atomic E-state index is 0.211. The third-order valence-corrected chi connectivity index (χ3v) is 3.04. The van der Waals surface area contributed by atoms with Crippen LogP contribution in [0.1, 0.15) is 18.1 Å². The summed E-state index contributed by atoms with van der Waals surface area (Å²) < 4.78 is 5.06. The Balaban J connectivity index is 1.85. The first kappa shape index (κ1) is 15.1. The molecule has 0 heterocycles. The van der Waals surface area contributed by atoms with Crippen molar-refractivity contribution in [3.63, 3.8) is 0 Å². The summed E-state index contributed by atoms with van der Waals surface area (Å²) in [6, 6.07) is 16.6. The minimum atomic E-state index is -0.591. The zero-order chi connectivity index (χ0) is 15.1. The van der Waals surface area contributed by atoms with Gasteiger partial charge in [-0.1, -0.05) is 54.1 Å². The Morgan fingerprint density at radius 3 is 2.48 bits per heavy atom. The number of ether oxygens (including phenoxy) is 1. The molecule has 0 aliphatic rings. The summed E-state index contributed by atoms with van der Waals surface area (Å²) in [6.45, 7) is 2.00. The van der Waals surface area contributed by atoms with E-state index in [0.717, 1.165) is 11.1 Å². The first-order valence-corrected chi connectivity index (χ1v) is 6.80. The average molecular weight is 303 g/mol. The van der Waals surface area contributed by atoms with Gasteiger partial charge in [-0.25, -0.2) is 10.2 Å². The largest absolute Gasteiger partial charge is 0.443 e. The number of nitrogens with one attached hydrogen (secondary N) is 1. The molecule has 0 aliphatic carbocycles. The molecule has 0 saturated carbocycles. The van der Waals surface area contributed by atoms with Gasteiger partial charge in [-0.2, -0.15) is 5.10 Å². The number of hydrogen-bond acceptors (Lipinski definition) is 3. The van der Waals surface area contributed by atoms with Gasteiger partial charge in [0, 0.05) is 5.02 Å². The van der Waals surface area contributed by atoms with E-state index in [1.165, 1.54) is 0 Å². The Bertz CT molecular complexity index is 624. The molecule has 4 nitrogen and oxygen atoms in total. The van der Waals surface area contributed by atoms with Crippen molar-refractivity contribution in [3.05, 3.63) is 70.7 Å². The van der Waals surface area contributed by atoms with Crippen molar-refractivity contribution < 1.29 is 9.53 Å². The van der Waals surface area contributed by atoms with Crippen LogP contribution in [0.25, 0.3) is 0 Å². The van der Waals surface area contributed by atoms with E-state index < -0.39 is 6.09 Å². The molecule has 21 heavy (non-hydrogen) atoms. The first-order valence-electron chi connectivity index (χ1n) is 6.42. The first-order chi connectivity index (χ1) is 10.1. The van der Waals surface area contributed by atoms with Crippen LogP contribution in [0.15, 0.2) is 59.7 Å². The maximum Gasteiger partial charge on any atom is 0.428 e. The zero-order valence-electron chi connectivity index (χ0n) is 11.5. The van der Waals surface area contributed by atoms with Crippen LogP contribution in [0.3, 0.4) is 0 Å². The lowest BCUT2D eigenvalue weighted by Crippen LogP contribution is -2.20. The Kier molecular flexibility index (Phi) is 5.35. The van der Waals surface area contributed by atoms with Crippen molar-refractivity contribution in [2.45, 2.75) is 13.5 Å². The number of rotatable bonds is 4. The molecule has 0 fully saturated rings. The van der Waals surface area contributed by atoms with Gasteiger partial charge in [-0.15, -0.1) is 0 Å². The van der Waals surface area contributed by atoms with Gasteiger partial charge >= 0.3 is 6.09 Å². The number of hydrazone groups is 1. The van der Waals surface area contributed by atoms with Crippen LogP contribution in [0.4, 0.5) is 4.79 Å². The van der Waals surface area contributed by atoms with Crippen LogP contribution in [0.2, 0.25) is 5.02 Å². The third kappa shape index (κ3) is 4.93. The summed E-state index contributed by atoms with van der Waals surface area (Å²) in [5.74, 6) is 0. The van der Waals surface area contributed by atoms with Crippen LogP contribution in [0, 0.1) is 0 Å². The molecule has 0 unspecified atom stereocenters. The van der Waals surface area contributed by atoms with E-state index in [1.807, 2.05) is 42.5 Å². The van der Waals surface area contributed by atoms with Gasteiger partial charge in [0.1, 0.15) is 6.61 Å². The second kappa shape index (κ2) is 7.45. The summed E-state index contributed by atoms with van der Waals surface area (Å²) in [5.41, 5.74) is 4.83. The standard InChI is InChI=1S/C16H15ClN2O2/c1-12(14-7-9-15(17)10-8-14)18-19-16(20)21-11-13-5-3-2-4-6-13/h2-10H,11H2,1H3,(H,19,20)/b18-12+. The maximum absolute atomic E-state index is 11.5. The normalized spacial score (nSPS) is 11.0. The summed E-state index contributed by atoms with van der Waals surface area (Å²) in [5, 5.41) is 4.64. The van der Waals surface area contributed by atoms with Crippen molar-refractivity contribution in [1.29, 1.82) is 0 Å². The molecular formula is C16H15ClN2O2. The van der Waals surface area contributed by atoms with E-state index in [0.29, 0.717) is 10.7 Å². The number of amides is 1. The Morgan fingerprint density at radius 2 is 1.81 bits per heavy atom. The molecule has 2 rings (SSSR count). The number of hydrogen-bond donors (Lipinski definition) is 1. The van der Waals surface area contributed by atoms with Gasteiger partial charge in [0.2, 0.25) is 0 Å². The zero-order valence-corrected chi connectivity index (χ0v) is 12.3. The van der Waals surface area contributed by atoms with E-state index in [2.05, 4.69) is 10.5 Å². The molecule has 1 N–H and O–H groups in total. The van der Waals surface area contributed by atoms with Crippen LogP contribution in [-0.4, -0.2) is 11.8 Å². The van der Waals surface area contributed by atoms with E-state index in [-0.39, 0.29) is 6.61 Å². The van der Waals surface area contributed by atoms with Crippen LogP contribution >= 0.6 is 11.6 Å². The molecule has 0 spiro atoms. The lowest BCUT2D eigenvalue weighted by atomic mass is 10.1. The quantitative estimate of drug-likeness (QED) is 0.686. The van der Waals surface area contributed by atoms with E-state index in [9.17, 15) is 4.79 Å². The molecule has 0 aliphatic heterocycles. The molecule has 108 valence electrons. The van der Waals surface area contributed by atoms with Gasteiger partial charge in [0.05, 0.1) is 5.71 Å². The fourth-order valence-electron chi connectivity index (χ4n) is 1.64. The highest BCUT2D eigenvalue weighted by Gasteiger charge is 2.02. The van der Waals surface area contributed by atoms with Crippen molar-refractivity contribution in [3.8, 4) is 0 Å². The van der Waals surface area contributed by atoms with Gasteiger partial charge < -0.3 is 4.74 Å². The molecule has 5 heteroatoms. The van der Waals surface area contributed by atoms with Gasteiger partial charge in [-0.05, 0) is 30.2 Å². The number of benzene rings is 2. The highest BCUT2D eigenvalue weighted by Crippen LogP contribution is 2.10. The summed E-state index contributed by atoms with van der Waals surface area (Å²) in [4.78, 5) is 11.5. The number of halogens is 1. The molecular weight excluding hydrogens is 288 g/mol. The Labute approximate surface area is 128 Å². The number of carbonyl (C=O) groups excluding carboxylic acids is 1. The van der Waals surface area contributed by atoms with Crippen molar-refractivity contribution >= 4 is 23.4 Å². The number of carbonyl (C=O) groups is 1. The predicted molar refractivity (Wildman–Crippen MR) is 83.4 cm³/mol. The molecule has 0 saturated heterocycles. The van der Waals surface area contributed by atoms with Gasteiger partial charge in [0.15, 0.2) is 0 Å².